The van der Waals surface area contributed by atoms with E-state index < -0.39 is 0 Å². The Bertz CT molecular complexity index is 304. The number of halogens is 2. The van der Waals surface area contributed by atoms with Crippen LogP contribution in [0.25, 0.3) is 0 Å². The van der Waals surface area contributed by atoms with Crippen LogP contribution in [-0.4, -0.2) is 0 Å². The lowest BCUT2D eigenvalue weighted by atomic mass is 10.3. The van der Waals surface area contributed by atoms with Crippen molar-refractivity contribution < 1.29 is 0 Å². The van der Waals surface area contributed by atoms with Crippen molar-refractivity contribution in [2.75, 3.05) is 5.32 Å². The Hall–Kier alpha value is -0.910. The maximum absolute atomic E-state index is 8.26. The van der Waals surface area contributed by atoms with Gasteiger partial charge in [0.1, 0.15) is 0 Å². The molecular formula is C7H4Cl2N2. The molecule has 0 aromatic heterocycles. The van der Waals surface area contributed by atoms with Crippen LogP contribution in [0.15, 0.2) is 18.2 Å². The molecule has 1 rings (SSSR count). The molecule has 0 aliphatic carbocycles. The molecule has 0 radical (unpaired) electrons. The topological polar surface area (TPSA) is 35.8 Å². The summed E-state index contributed by atoms with van der Waals surface area (Å²) in [5.41, 5.74) is 0.568. The fraction of sp³-hybridized carbons (Fsp3) is 0. The Labute approximate surface area is 74.3 Å². The molecule has 0 atom stereocenters. The number of hydrogen-bond donors (Lipinski definition) is 1. The van der Waals surface area contributed by atoms with Crippen LogP contribution in [0.5, 0.6) is 0 Å². The number of anilines is 1. The Kier molecular flexibility index (Phi) is 2.58. The van der Waals surface area contributed by atoms with Crippen molar-refractivity contribution in [2.45, 2.75) is 0 Å². The van der Waals surface area contributed by atoms with E-state index in [1.807, 2.05) is 0 Å². The first-order valence-corrected chi connectivity index (χ1v) is 3.60. The monoisotopic (exact) mass is 186 g/mol. The molecule has 4 heteroatoms. The molecule has 0 amide bonds. The number of nitrogens with zero attached hydrogens (tertiary/aromatic N) is 1. The standard InChI is InChI=1S/C7H4Cl2N2/c8-5-1-2-7(11-4-10)6(9)3-5/h1-3,11H. The minimum atomic E-state index is 0.444. The van der Waals surface area contributed by atoms with Gasteiger partial charge in [0, 0.05) is 5.02 Å². The smallest absolute Gasteiger partial charge is 0.181 e. The summed E-state index contributed by atoms with van der Waals surface area (Å²) >= 11 is 11.3. The van der Waals surface area contributed by atoms with Gasteiger partial charge in [-0.1, -0.05) is 23.2 Å². The molecule has 0 fully saturated rings. The van der Waals surface area contributed by atoms with Gasteiger partial charge in [0.15, 0.2) is 6.19 Å². The molecule has 1 aromatic carbocycles. The quantitative estimate of drug-likeness (QED) is 0.541. The van der Waals surface area contributed by atoms with Crippen molar-refractivity contribution in [1.29, 1.82) is 5.26 Å². The minimum absolute atomic E-state index is 0.444. The van der Waals surface area contributed by atoms with Gasteiger partial charge in [0.25, 0.3) is 0 Å². The van der Waals surface area contributed by atoms with Gasteiger partial charge in [-0.3, -0.25) is 5.32 Å². The largest absolute Gasteiger partial charge is 0.291 e. The normalized spacial score (nSPS) is 8.82. The van der Waals surface area contributed by atoms with Crippen LogP contribution in [0, 0.1) is 11.5 Å². The number of nitrogens with one attached hydrogen (secondary N) is 1. The van der Waals surface area contributed by atoms with Gasteiger partial charge >= 0.3 is 0 Å². The van der Waals surface area contributed by atoms with Gasteiger partial charge in [-0.05, 0) is 18.2 Å². The van der Waals surface area contributed by atoms with Crippen molar-refractivity contribution in [1.82, 2.24) is 0 Å². The number of rotatable bonds is 1. The lowest BCUT2D eigenvalue weighted by Crippen LogP contribution is -1.87. The first-order valence-electron chi connectivity index (χ1n) is 2.84. The van der Waals surface area contributed by atoms with Gasteiger partial charge < -0.3 is 0 Å². The van der Waals surface area contributed by atoms with Crippen LogP contribution in [0.2, 0.25) is 10.0 Å². The highest BCUT2D eigenvalue weighted by atomic mass is 35.5. The lowest BCUT2D eigenvalue weighted by molar-refractivity contribution is 1.47. The van der Waals surface area contributed by atoms with E-state index in [-0.39, 0.29) is 0 Å². The zero-order valence-electron chi connectivity index (χ0n) is 5.44. The molecule has 0 aliphatic heterocycles. The molecule has 1 aromatic rings. The summed E-state index contributed by atoms with van der Waals surface area (Å²) < 4.78 is 0. The van der Waals surface area contributed by atoms with E-state index in [0.717, 1.165) is 0 Å². The van der Waals surface area contributed by atoms with Gasteiger partial charge in [0.2, 0.25) is 0 Å². The Morgan fingerprint density at radius 2 is 2.09 bits per heavy atom. The molecule has 0 spiro atoms. The van der Waals surface area contributed by atoms with Crippen molar-refractivity contribution >= 4 is 28.9 Å². The lowest BCUT2D eigenvalue weighted by Gasteiger charge is -1.99. The van der Waals surface area contributed by atoms with E-state index in [2.05, 4.69) is 5.32 Å². The summed E-state index contributed by atoms with van der Waals surface area (Å²) in [5.74, 6) is 0. The molecule has 2 nitrogen and oxygen atoms in total. The van der Waals surface area contributed by atoms with E-state index in [1.165, 1.54) is 0 Å². The van der Waals surface area contributed by atoms with E-state index >= 15 is 0 Å². The van der Waals surface area contributed by atoms with E-state index in [1.54, 1.807) is 24.4 Å². The van der Waals surface area contributed by atoms with Gasteiger partial charge in [0.05, 0.1) is 10.7 Å². The molecule has 56 valence electrons. The predicted octanol–water partition coefficient (Wildman–Crippen LogP) is 2.89. The first kappa shape index (κ1) is 8.19. The highest BCUT2D eigenvalue weighted by Gasteiger charge is 1.98. The molecule has 0 aliphatic rings. The Balaban J connectivity index is 3.01. The Morgan fingerprint density at radius 3 is 2.64 bits per heavy atom. The Morgan fingerprint density at radius 1 is 1.36 bits per heavy atom. The fourth-order valence-corrected chi connectivity index (χ4v) is 1.11. The van der Waals surface area contributed by atoms with Crippen LogP contribution in [0.1, 0.15) is 0 Å². The SMILES string of the molecule is N#CNc1ccc(Cl)cc1Cl. The van der Waals surface area contributed by atoms with E-state index in [9.17, 15) is 0 Å². The zero-order chi connectivity index (χ0) is 8.27. The minimum Gasteiger partial charge on any atom is -0.291 e. The van der Waals surface area contributed by atoms with Crippen molar-refractivity contribution in [3.05, 3.63) is 28.2 Å². The van der Waals surface area contributed by atoms with Crippen LogP contribution < -0.4 is 5.32 Å². The highest BCUT2D eigenvalue weighted by molar-refractivity contribution is 6.36. The predicted molar refractivity (Wildman–Crippen MR) is 45.7 cm³/mol. The highest BCUT2D eigenvalue weighted by Crippen LogP contribution is 2.24. The number of nitriles is 1. The number of hydrogen-bond acceptors (Lipinski definition) is 2. The van der Waals surface area contributed by atoms with Crippen molar-refractivity contribution in [2.24, 2.45) is 0 Å². The third-order valence-electron chi connectivity index (χ3n) is 1.12. The third-order valence-corrected chi connectivity index (χ3v) is 1.67. The van der Waals surface area contributed by atoms with E-state index in [0.29, 0.717) is 15.7 Å². The second-order valence-electron chi connectivity index (χ2n) is 1.86. The summed E-state index contributed by atoms with van der Waals surface area (Å²) in [6.45, 7) is 0. The van der Waals surface area contributed by atoms with Crippen molar-refractivity contribution in [3.8, 4) is 6.19 Å². The number of benzene rings is 1. The molecule has 11 heavy (non-hydrogen) atoms. The molecule has 1 N–H and O–H groups in total. The molecule has 0 saturated carbocycles. The zero-order valence-corrected chi connectivity index (χ0v) is 6.95. The van der Waals surface area contributed by atoms with Crippen LogP contribution >= 0.6 is 23.2 Å². The van der Waals surface area contributed by atoms with Gasteiger partial charge in [-0.25, -0.2) is 0 Å². The maximum Gasteiger partial charge on any atom is 0.181 e. The van der Waals surface area contributed by atoms with Crippen LogP contribution in [-0.2, 0) is 0 Å². The van der Waals surface area contributed by atoms with Gasteiger partial charge in [-0.15, -0.1) is 0 Å². The van der Waals surface area contributed by atoms with Crippen LogP contribution in [0.3, 0.4) is 0 Å². The first-order chi connectivity index (χ1) is 5.24. The van der Waals surface area contributed by atoms with Crippen LogP contribution in [0.4, 0.5) is 5.69 Å². The fourth-order valence-electron chi connectivity index (χ4n) is 0.651. The summed E-state index contributed by atoms with van der Waals surface area (Å²) in [4.78, 5) is 0. The average molecular weight is 187 g/mol. The molecule has 0 unspecified atom stereocenters. The summed E-state index contributed by atoms with van der Waals surface area (Å²) in [6.07, 6.45) is 1.77. The molecule has 0 heterocycles. The summed E-state index contributed by atoms with van der Waals surface area (Å²) in [6, 6.07) is 4.88. The average Bonchev–Trinajstić information content (AvgIpc) is 1.95. The van der Waals surface area contributed by atoms with E-state index in [4.69, 9.17) is 28.5 Å². The summed E-state index contributed by atoms with van der Waals surface area (Å²) in [7, 11) is 0. The third kappa shape index (κ3) is 2.01. The second-order valence-corrected chi connectivity index (χ2v) is 2.70. The second kappa shape index (κ2) is 3.47. The maximum atomic E-state index is 8.26. The summed E-state index contributed by atoms with van der Waals surface area (Å²) in [5, 5.41) is 11.7. The van der Waals surface area contributed by atoms with Crippen molar-refractivity contribution in [3.63, 3.8) is 0 Å². The molecule has 0 saturated heterocycles. The molecule has 0 bridgehead atoms. The van der Waals surface area contributed by atoms with Gasteiger partial charge in [-0.2, -0.15) is 5.26 Å². The molecular weight excluding hydrogens is 183 g/mol.